The molecule has 0 radical (unpaired) electrons. The van der Waals surface area contributed by atoms with Gasteiger partial charge < -0.3 is 14.5 Å². The normalized spacial score (nSPS) is 16.0. The Kier molecular flexibility index (Phi) is 5.91. The number of anilines is 1. The number of rotatable bonds is 5. The highest BCUT2D eigenvalue weighted by atomic mass is 35.5. The zero-order chi connectivity index (χ0) is 20.4. The molecule has 1 fully saturated rings. The summed E-state index contributed by atoms with van der Waals surface area (Å²) in [6, 6.07) is 9.99. The van der Waals surface area contributed by atoms with Crippen LogP contribution in [0.2, 0.25) is 10.0 Å². The molecule has 1 atom stereocenters. The van der Waals surface area contributed by atoms with Gasteiger partial charge in [-0.15, -0.1) is 0 Å². The fraction of sp³-hybridized carbons (Fsp3) is 0.300. The lowest BCUT2D eigenvalue weighted by atomic mass is 10.0. The van der Waals surface area contributed by atoms with E-state index in [4.69, 9.17) is 32.4 Å². The van der Waals surface area contributed by atoms with Crippen molar-refractivity contribution in [2.45, 2.75) is 6.04 Å². The molecule has 1 aliphatic heterocycles. The van der Waals surface area contributed by atoms with Crippen LogP contribution in [0.4, 0.5) is 5.82 Å². The van der Waals surface area contributed by atoms with Crippen LogP contribution in [-0.2, 0) is 16.6 Å². The second-order valence-electron chi connectivity index (χ2n) is 6.72. The Morgan fingerprint density at radius 3 is 2.69 bits per heavy atom. The Bertz CT molecular complexity index is 997. The predicted molar refractivity (Wildman–Crippen MR) is 111 cm³/mol. The maximum Gasteiger partial charge on any atom is 0.247 e. The van der Waals surface area contributed by atoms with Gasteiger partial charge in [0, 0.05) is 36.2 Å². The van der Waals surface area contributed by atoms with Crippen LogP contribution in [0.5, 0.6) is 0 Å². The number of amides is 1. The quantitative estimate of drug-likeness (QED) is 0.656. The average Bonchev–Trinajstić information content (AvgIpc) is 3.35. The molecular formula is C20H20Cl2N4O3. The molecule has 1 unspecified atom stereocenters. The number of nitrogens with one attached hydrogen (secondary N) is 1. The Morgan fingerprint density at radius 2 is 2.00 bits per heavy atom. The third kappa shape index (κ3) is 4.33. The van der Waals surface area contributed by atoms with Gasteiger partial charge >= 0.3 is 0 Å². The first-order valence-corrected chi connectivity index (χ1v) is 9.94. The van der Waals surface area contributed by atoms with Crippen molar-refractivity contribution in [2.24, 2.45) is 7.05 Å². The molecule has 1 saturated heterocycles. The third-order valence-electron chi connectivity index (χ3n) is 4.82. The van der Waals surface area contributed by atoms with Gasteiger partial charge in [0.2, 0.25) is 5.91 Å². The van der Waals surface area contributed by atoms with E-state index in [9.17, 15) is 4.79 Å². The van der Waals surface area contributed by atoms with Crippen LogP contribution < -0.4 is 5.32 Å². The number of hydrogen-bond donors (Lipinski definition) is 1. The first kappa shape index (κ1) is 20.0. The monoisotopic (exact) mass is 434 g/mol. The molecule has 2 aromatic heterocycles. The summed E-state index contributed by atoms with van der Waals surface area (Å²) in [6.45, 7) is 2.37. The molecule has 152 valence electrons. The third-order valence-corrected chi connectivity index (χ3v) is 5.38. The Morgan fingerprint density at radius 1 is 1.21 bits per heavy atom. The van der Waals surface area contributed by atoms with Gasteiger partial charge in [-0.3, -0.25) is 14.4 Å². The molecule has 0 aliphatic carbocycles. The van der Waals surface area contributed by atoms with Gasteiger partial charge in [-0.05, 0) is 29.8 Å². The van der Waals surface area contributed by atoms with Crippen molar-refractivity contribution in [1.82, 2.24) is 14.7 Å². The SMILES string of the molecule is Cn1nc(-c2ccco2)cc1NC(=O)C(c1ccc(Cl)cc1Cl)N1CCOCC1. The number of morpholine rings is 1. The van der Waals surface area contributed by atoms with Crippen LogP contribution in [0, 0.1) is 0 Å². The highest BCUT2D eigenvalue weighted by Crippen LogP contribution is 2.32. The van der Waals surface area contributed by atoms with Crippen LogP contribution in [0.15, 0.2) is 47.1 Å². The number of carbonyl (C=O) groups excluding carboxylic acids is 1. The van der Waals surface area contributed by atoms with Gasteiger partial charge in [-0.1, -0.05) is 29.3 Å². The number of hydrogen-bond acceptors (Lipinski definition) is 5. The molecule has 1 N–H and O–H groups in total. The lowest BCUT2D eigenvalue weighted by Gasteiger charge is -2.34. The van der Waals surface area contributed by atoms with Crippen molar-refractivity contribution in [1.29, 1.82) is 0 Å². The standard InChI is InChI=1S/C20H20Cl2N4O3/c1-25-18(12-16(24-25)17-3-2-8-29-17)23-20(27)19(26-6-9-28-10-7-26)14-5-4-13(21)11-15(14)22/h2-5,8,11-12,19H,6-7,9-10H2,1H3,(H,23,27). The Balaban J connectivity index is 1.63. The molecule has 3 aromatic rings. The number of nitrogens with zero attached hydrogens (tertiary/aromatic N) is 3. The van der Waals surface area contributed by atoms with E-state index in [0.717, 1.165) is 0 Å². The van der Waals surface area contributed by atoms with Crippen LogP contribution in [0.1, 0.15) is 11.6 Å². The summed E-state index contributed by atoms with van der Waals surface area (Å²) in [7, 11) is 1.76. The van der Waals surface area contributed by atoms with Crippen LogP contribution >= 0.6 is 23.2 Å². The lowest BCUT2D eigenvalue weighted by Crippen LogP contribution is -2.44. The summed E-state index contributed by atoms with van der Waals surface area (Å²) in [4.78, 5) is 15.4. The zero-order valence-corrected chi connectivity index (χ0v) is 17.3. The fourth-order valence-electron chi connectivity index (χ4n) is 3.39. The zero-order valence-electron chi connectivity index (χ0n) is 15.8. The predicted octanol–water partition coefficient (Wildman–Crippen LogP) is 4.00. The van der Waals surface area contributed by atoms with E-state index in [-0.39, 0.29) is 5.91 Å². The van der Waals surface area contributed by atoms with Gasteiger partial charge in [0.05, 0.1) is 19.5 Å². The second kappa shape index (κ2) is 8.59. The Labute approximate surface area is 178 Å². The van der Waals surface area contributed by atoms with Crippen molar-refractivity contribution in [2.75, 3.05) is 31.6 Å². The minimum Gasteiger partial charge on any atom is -0.463 e. The van der Waals surface area contributed by atoms with Crippen LogP contribution in [0.25, 0.3) is 11.5 Å². The van der Waals surface area contributed by atoms with E-state index in [2.05, 4.69) is 15.3 Å². The molecule has 1 aromatic carbocycles. The number of aryl methyl sites for hydroxylation is 1. The topological polar surface area (TPSA) is 72.5 Å². The van der Waals surface area contributed by atoms with Crippen molar-refractivity contribution < 1.29 is 13.9 Å². The highest BCUT2D eigenvalue weighted by Gasteiger charge is 2.31. The van der Waals surface area contributed by atoms with Crippen LogP contribution in [0.3, 0.4) is 0 Å². The minimum atomic E-state index is -0.578. The van der Waals surface area contributed by atoms with Crippen molar-refractivity contribution >= 4 is 34.9 Å². The molecule has 7 nitrogen and oxygen atoms in total. The fourth-order valence-corrected chi connectivity index (χ4v) is 3.90. The molecule has 1 amide bonds. The molecule has 29 heavy (non-hydrogen) atoms. The number of carbonyl (C=O) groups is 1. The highest BCUT2D eigenvalue weighted by molar-refractivity contribution is 6.35. The molecule has 4 rings (SSSR count). The number of ether oxygens (including phenoxy) is 1. The molecule has 1 aliphatic rings. The van der Waals surface area contributed by atoms with Gasteiger partial charge in [-0.25, -0.2) is 0 Å². The van der Waals surface area contributed by atoms with Gasteiger partial charge in [-0.2, -0.15) is 5.10 Å². The number of aromatic nitrogens is 2. The average molecular weight is 435 g/mol. The smallest absolute Gasteiger partial charge is 0.247 e. The second-order valence-corrected chi connectivity index (χ2v) is 7.57. The number of benzene rings is 1. The first-order chi connectivity index (χ1) is 14.0. The van der Waals surface area contributed by atoms with E-state index in [1.807, 2.05) is 6.07 Å². The number of furan rings is 1. The molecule has 0 bridgehead atoms. The Hall–Kier alpha value is -2.32. The molecule has 0 saturated carbocycles. The number of halogens is 2. The molecule has 3 heterocycles. The van der Waals surface area contributed by atoms with E-state index in [0.29, 0.717) is 59.2 Å². The summed E-state index contributed by atoms with van der Waals surface area (Å²) in [5, 5.41) is 8.36. The molecule has 0 spiro atoms. The van der Waals surface area contributed by atoms with Crippen molar-refractivity contribution in [3.05, 3.63) is 58.3 Å². The maximum atomic E-state index is 13.3. The van der Waals surface area contributed by atoms with E-state index < -0.39 is 6.04 Å². The van der Waals surface area contributed by atoms with Gasteiger partial charge in [0.1, 0.15) is 17.6 Å². The van der Waals surface area contributed by atoms with Gasteiger partial charge in [0.25, 0.3) is 0 Å². The summed E-state index contributed by atoms with van der Waals surface area (Å²) in [5.41, 5.74) is 1.34. The first-order valence-electron chi connectivity index (χ1n) is 9.18. The van der Waals surface area contributed by atoms with Crippen molar-refractivity contribution in [3.8, 4) is 11.5 Å². The minimum absolute atomic E-state index is 0.204. The summed E-state index contributed by atoms with van der Waals surface area (Å²) in [6.07, 6.45) is 1.58. The lowest BCUT2D eigenvalue weighted by molar-refractivity contribution is -0.123. The summed E-state index contributed by atoms with van der Waals surface area (Å²) >= 11 is 12.5. The molecular weight excluding hydrogens is 415 g/mol. The largest absolute Gasteiger partial charge is 0.463 e. The van der Waals surface area contributed by atoms with Crippen molar-refractivity contribution in [3.63, 3.8) is 0 Å². The summed E-state index contributed by atoms with van der Waals surface area (Å²) < 4.78 is 12.4. The van der Waals surface area contributed by atoms with Gasteiger partial charge in [0.15, 0.2) is 5.76 Å². The van der Waals surface area contributed by atoms with Crippen LogP contribution in [-0.4, -0.2) is 46.9 Å². The maximum absolute atomic E-state index is 13.3. The van der Waals surface area contributed by atoms with E-state index in [1.165, 1.54) is 0 Å². The molecule has 9 heteroatoms. The van der Waals surface area contributed by atoms with E-state index in [1.54, 1.807) is 48.3 Å². The van der Waals surface area contributed by atoms with E-state index >= 15 is 0 Å². The summed E-state index contributed by atoms with van der Waals surface area (Å²) in [5.74, 6) is 0.987.